The average Bonchev–Trinajstić information content (AvgIpc) is 3.40. The normalized spacial score (nSPS) is 35.2. The highest BCUT2D eigenvalue weighted by atomic mass is 16.5. The van der Waals surface area contributed by atoms with Crippen LogP contribution in [0.1, 0.15) is 62.5 Å². The molecule has 5 nitrogen and oxygen atoms in total. The zero-order valence-electron chi connectivity index (χ0n) is 18.7. The van der Waals surface area contributed by atoms with Gasteiger partial charge in [0.2, 0.25) is 5.91 Å². The first-order valence-electron chi connectivity index (χ1n) is 12.1. The summed E-state index contributed by atoms with van der Waals surface area (Å²) in [5, 5.41) is 3.15. The Morgan fingerprint density at radius 2 is 2.07 bits per heavy atom. The first-order chi connectivity index (χ1) is 14.6. The van der Waals surface area contributed by atoms with Gasteiger partial charge in [0, 0.05) is 49.9 Å². The van der Waals surface area contributed by atoms with E-state index in [0.717, 1.165) is 44.9 Å². The molecule has 5 rings (SSSR count). The predicted molar refractivity (Wildman–Crippen MR) is 120 cm³/mol. The van der Waals surface area contributed by atoms with Crippen LogP contribution in [0.5, 0.6) is 0 Å². The molecule has 2 unspecified atom stereocenters. The average molecular weight is 412 g/mol. The second kappa shape index (κ2) is 8.16. The van der Waals surface area contributed by atoms with E-state index in [1.165, 1.54) is 42.6 Å². The number of ether oxygens (including phenoxy) is 1. The summed E-state index contributed by atoms with van der Waals surface area (Å²) in [5.74, 6) is 0.407. The van der Waals surface area contributed by atoms with E-state index in [4.69, 9.17) is 4.74 Å². The van der Waals surface area contributed by atoms with Crippen LogP contribution in [-0.2, 0) is 9.53 Å². The van der Waals surface area contributed by atoms with Gasteiger partial charge < -0.3 is 15.0 Å². The maximum absolute atomic E-state index is 13.0. The topological polar surface area (TPSA) is 44.8 Å². The van der Waals surface area contributed by atoms with Crippen LogP contribution in [0.2, 0.25) is 0 Å². The number of hydrogen-bond acceptors (Lipinski definition) is 4. The monoisotopic (exact) mass is 411 g/mol. The fourth-order valence-electron chi connectivity index (χ4n) is 6.64. The maximum atomic E-state index is 13.0. The number of hydrogen-bond donors (Lipinski definition) is 1. The lowest BCUT2D eigenvalue weighted by Crippen LogP contribution is -2.52. The van der Waals surface area contributed by atoms with Crippen LogP contribution >= 0.6 is 0 Å². The Morgan fingerprint density at radius 3 is 2.83 bits per heavy atom. The van der Waals surface area contributed by atoms with Crippen molar-refractivity contribution in [3.8, 4) is 0 Å². The van der Waals surface area contributed by atoms with Gasteiger partial charge in [-0.3, -0.25) is 9.69 Å². The van der Waals surface area contributed by atoms with Crippen molar-refractivity contribution in [1.29, 1.82) is 0 Å². The van der Waals surface area contributed by atoms with Crippen LogP contribution in [0.25, 0.3) is 0 Å². The Labute approximate surface area is 181 Å². The molecule has 0 aliphatic carbocycles. The van der Waals surface area contributed by atoms with Crippen LogP contribution in [0.15, 0.2) is 18.2 Å². The molecule has 4 aliphatic heterocycles. The van der Waals surface area contributed by atoms with E-state index in [0.29, 0.717) is 19.3 Å². The second-order valence-electron chi connectivity index (χ2n) is 10.1. The molecule has 4 saturated heterocycles. The van der Waals surface area contributed by atoms with Gasteiger partial charge in [-0.25, -0.2) is 0 Å². The number of carbonyl (C=O) groups excluding carboxylic acids is 1. The molecular formula is C25H37N3O2. The Hall–Kier alpha value is -1.59. The molecule has 0 saturated carbocycles. The molecule has 0 bridgehead atoms. The molecule has 30 heavy (non-hydrogen) atoms. The lowest BCUT2D eigenvalue weighted by molar-refractivity contribution is -0.142. The molecule has 0 aromatic heterocycles. The summed E-state index contributed by atoms with van der Waals surface area (Å²) in [4.78, 5) is 18.2. The second-order valence-corrected chi connectivity index (χ2v) is 10.1. The third kappa shape index (κ3) is 3.44. The molecule has 4 heterocycles. The number of aryl methyl sites for hydroxylation is 1. The van der Waals surface area contributed by atoms with Gasteiger partial charge in [-0.1, -0.05) is 6.07 Å². The first-order valence-corrected chi connectivity index (χ1v) is 12.1. The maximum Gasteiger partial charge on any atom is 0.227 e. The highest BCUT2D eigenvalue weighted by Gasteiger charge is 2.49. The summed E-state index contributed by atoms with van der Waals surface area (Å²) in [6.45, 7) is 10.3. The van der Waals surface area contributed by atoms with Crippen molar-refractivity contribution < 1.29 is 9.53 Å². The van der Waals surface area contributed by atoms with Gasteiger partial charge in [-0.2, -0.15) is 0 Å². The number of nitrogens with zero attached hydrogens (tertiary/aromatic N) is 2. The van der Waals surface area contributed by atoms with E-state index in [9.17, 15) is 4.79 Å². The molecule has 1 aromatic carbocycles. The number of likely N-dealkylation sites (tertiary alicyclic amines) is 1. The first kappa shape index (κ1) is 20.3. The van der Waals surface area contributed by atoms with E-state index < -0.39 is 0 Å². The van der Waals surface area contributed by atoms with E-state index in [-0.39, 0.29) is 17.2 Å². The lowest BCUT2D eigenvalue weighted by Gasteiger charge is -2.45. The minimum atomic E-state index is -0.284. The summed E-state index contributed by atoms with van der Waals surface area (Å²) in [6, 6.07) is 8.38. The lowest BCUT2D eigenvalue weighted by atomic mass is 9.64. The highest BCUT2D eigenvalue weighted by Crippen LogP contribution is 2.48. The Kier molecular flexibility index (Phi) is 5.53. The summed E-state index contributed by atoms with van der Waals surface area (Å²) in [7, 11) is 0. The number of rotatable bonds is 3. The molecule has 164 valence electrons. The van der Waals surface area contributed by atoms with Gasteiger partial charge >= 0.3 is 0 Å². The largest absolute Gasteiger partial charge is 0.381 e. The van der Waals surface area contributed by atoms with Crippen LogP contribution in [-0.4, -0.2) is 62.3 Å². The fourth-order valence-corrected chi connectivity index (χ4v) is 6.64. The van der Waals surface area contributed by atoms with E-state index in [1.807, 2.05) is 0 Å². The molecule has 0 radical (unpaired) electrons. The number of piperidine rings is 1. The zero-order valence-corrected chi connectivity index (χ0v) is 18.7. The quantitative estimate of drug-likeness (QED) is 0.827. The van der Waals surface area contributed by atoms with Crippen molar-refractivity contribution in [2.75, 3.05) is 44.3 Å². The number of amides is 1. The SMILES string of the molecule is Cc1cc(N2CC[C@H](N3CCC[C@@H]3C)C2)ccc1C1COCCC12CCCNC2=O. The van der Waals surface area contributed by atoms with Crippen LogP contribution in [0.3, 0.4) is 0 Å². The summed E-state index contributed by atoms with van der Waals surface area (Å²) in [5.41, 5.74) is 3.66. The van der Waals surface area contributed by atoms with Crippen molar-refractivity contribution in [2.24, 2.45) is 5.41 Å². The summed E-state index contributed by atoms with van der Waals surface area (Å²) >= 11 is 0. The van der Waals surface area contributed by atoms with Crippen LogP contribution in [0, 0.1) is 12.3 Å². The smallest absolute Gasteiger partial charge is 0.227 e. The zero-order chi connectivity index (χ0) is 20.7. The van der Waals surface area contributed by atoms with Crippen LogP contribution < -0.4 is 10.2 Å². The number of nitrogens with one attached hydrogen (secondary N) is 1. The molecule has 4 fully saturated rings. The fraction of sp³-hybridized carbons (Fsp3) is 0.720. The van der Waals surface area contributed by atoms with Gasteiger partial charge in [0.05, 0.1) is 12.0 Å². The van der Waals surface area contributed by atoms with Gasteiger partial charge in [-0.15, -0.1) is 0 Å². The Balaban J connectivity index is 1.35. The number of benzene rings is 1. The summed E-state index contributed by atoms with van der Waals surface area (Å²) < 4.78 is 5.88. The summed E-state index contributed by atoms with van der Waals surface area (Å²) in [6.07, 6.45) is 6.87. The molecule has 1 N–H and O–H groups in total. The minimum Gasteiger partial charge on any atom is -0.381 e. The Morgan fingerprint density at radius 1 is 1.17 bits per heavy atom. The van der Waals surface area contributed by atoms with Crippen molar-refractivity contribution >= 4 is 11.6 Å². The van der Waals surface area contributed by atoms with Crippen molar-refractivity contribution in [1.82, 2.24) is 10.2 Å². The Bertz CT molecular complexity index is 791. The van der Waals surface area contributed by atoms with Crippen LogP contribution in [0.4, 0.5) is 5.69 Å². The van der Waals surface area contributed by atoms with E-state index in [2.05, 4.69) is 47.2 Å². The van der Waals surface area contributed by atoms with Crippen molar-refractivity contribution in [3.63, 3.8) is 0 Å². The number of anilines is 1. The standard InChI is InChI=1S/C25H37N3O2/c1-18-15-20(27-13-8-21(16-27)28-12-3-5-19(28)2)6-7-22(18)23-17-30-14-10-25(23)9-4-11-26-24(25)29/h6-7,15,19,21,23H,3-5,8-14,16-17H2,1-2H3,(H,26,29)/t19-,21-,23?,25?/m0/s1. The minimum absolute atomic E-state index is 0.164. The van der Waals surface area contributed by atoms with Gasteiger partial charge in [-0.05, 0) is 82.2 Å². The van der Waals surface area contributed by atoms with Crippen molar-refractivity contribution in [2.45, 2.75) is 70.4 Å². The van der Waals surface area contributed by atoms with Gasteiger partial charge in [0.25, 0.3) is 0 Å². The van der Waals surface area contributed by atoms with Gasteiger partial charge in [0.1, 0.15) is 0 Å². The third-order valence-electron chi connectivity index (χ3n) is 8.41. The molecule has 1 amide bonds. The molecule has 1 spiro atoms. The van der Waals surface area contributed by atoms with Gasteiger partial charge in [0.15, 0.2) is 0 Å². The highest BCUT2D eigenvalue weighted by molar-refractivity contribution is 5.84. The molecule has 1 aromatic rings. The third-order valence-corrected chi connectivity index (χ3v) is 8.41. The molecule has 4 atom stereocenters. The molecule has 4 aliphatic rings. The van der Waals surface area contributed by atoms with E-state index >= 15 is 0 Å². The number of carbonyl (C=O) groups is 1. The van der Waals surface area contributed by atoms with Crippen molar-refractivity contribution in [3.05, 3.63) is 29.3 Å². The molecule has 5 heteroatoms. The predicted octanol–water partition coefficient (Wildman–Crippen LogP) is 3.46. The molecular weight excluding hydrogens is 374 g/mol. The van der Waals surface area contributed by atoms with E-state index in [1.54, 1.807) is 0 Å².